The zero-order valence-corrected chi connectivity index (χ0v) is 19.8. The van der Waals surface area contributed by atoms with Crippen LogP contribution in [0, 0.1) is 0 Å². The summed E-state index contributed by atoms with van der Waals surface area (Å²) in [5.41, 5.74) is 1.65. The summed E-state index contributed by atoms with van der Waals surface area (Å²) in [5, 5.41) is 3.49. The van der Waals surface area contributed by atoms with Crippen LogP contribution >= 0.6 is 11.6 Å². The number of methoxy groups -OCH3 is 3. The normalized spacial score (nSPS) is 11.5. The number of ether oxygens (including phenoxy) is 3. The molecule has 0 aromatic heterocycles. The van der Waals surface area contributed by atoms with Crippen molar-refractivity contribution in [1.29, 1.82) is 0 Å². The fourth-order valence-electron chi connectivity index (χ4n) is 3.21. The largest absolute Gasteiger partial charge is 0.493 e. The van der Waals surface area contributed by atoms with E-state index in [9.17, 15) is 9.59 Å². The van der Waals surface area contributed by atoms with Crippen LogP contribution in [0.5, 0.6) is 11.5 Å². The molecule has 0 aliphatic rings. The highest BCUT2D eigenvalue weighted by atomic mass is 35.5. The van der Waals surface area contributed by atoms with E-state index in [1.54, 1.807) is 57.4 Å². The van der Waals surface area contributed by atoms with E-state index in [2.05, 4.69) is 5.32 Å². The van der Waals surface area contributed by atoms with E-state index in [-0.39, 0.29) is 24.8 Å². The lowest BCUT2D eigenvalue weighted by atomic mass is 10.1. The van der Waals surface area contributed by atoms with Crippen LogP contribution < -0.4 is 14.8 Å². The van der Waals surface area contributed by atoms with Crippen molar-refractivity contribution in [3.63, 3.8) is 0 Å². The summed E-state index contributed by atoms with van der Waals surface area (Å²) in [6, 6.07) is 11.9. The highest BCUT2D eigenvalue weighted by Gasteiger charge is 2.26. The van der Waals surface area contributed by atoms with Crippen LogP contribution in [-0.2, 0) is 27.3 Å². The lowest BCUT2D eigenvalue weighted by Crippen LogP contribution is -2.48. The Morgan fingerprint density at radius 1 is 1.00 bits per heavy atom. The SMILES string of the molecule is COCCCNC(=O)C(C)N(Cc1ccc(Cl)cc1)C(=O)Cc1ccc(OC)c(OC)c1. The van der Waals surface area contributed by atoms with Crippen molar-refractivity contribution in [3.05, 3.63) is 58.6 Å². The van der Waals surface area contributed by atoms with Gasteiger partial charge in [0.05, 0.1) is 20.6 Å². The lowest BCUT2D eigenvalue weighted by Gasteiger charge is -2.29. The number of nitrogens with one attached hydrogen (secondary N) is 1. The van der Waals surface area contributed by atoms with Gasteiger partial charge in [-0.2, -0.15) is 0 Å². The maximum atomic E-state index is 13.3. The Morgan fingerprint density at radius 3 is 2.28 bits per heavy atom. The van der Waals surface area contributed by atoms with Crippen LogP contribution in [0.3, 0.4) is 0 Å². The molecule has 0 spiro atoms. The van der Waals surface area contributed by atoms with Crippen LogP contribution in [0.4, 0.5) is 0 Å². The molecule has 2 aromatic rings. The first-order valence-corrected chi connectivity index (χ1v) is 10.8. The third-order valence-corrected chi connectivity index (χ3v) is 5.31. The monoisotopic (exact) mass is 462 g/mol. The summed E-state index contributed by atoms with van der Waals surface area (Å²) >= 11 is 5.99. The number of hydrogen-bond acceptors (Lipinski definition) is 5. The maximum absolute atomic E-state index is 13.3. The van der Waals surface area contributed by atoms with Crippen molar-refractivity contribution in [2.24, 2.45) is 0 Å². The minimum atomic E-state index is -0.652. The average molecular weight is 463 g/mol. The molecule has 0 bridgehead atoms. The fourth-order valence-corrected chi connectivity index (χ4v) is 3.34. The molecule has 0 aliphatic heterocycles. The first kappa shape index (κ1) is 25.5. The van der Waals surface area contributed by atoms with Crippen molar-refractivity contribution >= 4 is 23.4 Å². The molecule has 0 fully saturated rings. The fraction of sp³-hybridized carbons (Fsp3) is 0.417. The van der Waals surface area contributed by atoms with Gasteiger partial charge in [0, 0.05) is 31.8 Å². The third-order valence-electron chi connectivity index (χ3n) is 5.06. The number of carbonyl (C=O) groups excluding carboxylic acids is 2. The van der Waals surface area contributed by atoms with Crippen LogP contribution in [0.25, 0.3) is 0 Å². The highest BCUT2D eigenvalue weighted by molar-refractivity contribution is 6.30. The number of hydrogen-bond donors (Lipinski definition) is 1. The van der Waals surface area contributed by atoms with Gasteiger partial charge in [-0.05, 0) is 48.7 Å². The van der Waals surface area contributed by atoms with Crippen LogP contribution in [0.2, 0.25) is 5.02 Å². The van der Waals surface area contributed by atoms with E-state index in [4.69, 9.17) is 25.8 Å². The number of rotatable bonds is 12. The molecule has 0 heterocycles. The van der Waals surface area contributed by atoms with Crippen molar-refractivity contribution in [3.8, 4) is 11.5 Å². The van der Waals surface area contributed by atoms with Crippen molar-refractivity contribution in [2.75, 3.05) is 34.5 Å². The molecule has 1 N–H and O–H groups in total. The van der Waals surface area contributed by atoms with Gasteiger partial charge in [-0.3, -0.25) is 9.59 Å². The van der Waals surface area contributed by atoms with E-state index in [1.807, 2.05) is 18.2 Å². The lowest BCUT2D eigenvalue weighted by molar-refractivity contribution is -0.140. The average Bonchev–Trinajstić information content (AvgIpc) is 2.80. The Bertz CT molecular complexity index is 888. The summed E-state index contributed by atoms with van der Waals surface area (Å²) in [7, 11) is 4.72. The summed E-state index contributed by atoms with van der Waals surface area (Å²) in [5.74, 6) is 0.749. The molecule has 1 atom stereocenters. The van der Waals surface area contributed by atoms with Gasteiger partial charge in [-0.1, -0.05) is 29.8 Å². The van der Waals surface area contributed by atoms with Crippen LogP contribution in [0.1, 0.15) is 24.5 Å². The Balaban J connectivity index is 2.19. The van der Waals surface area contributed by atoms with Gasteiger partial charge in [-0.15, -0.1) is 0 Å². The van der Waals surface area contributed by atoms with Gasteiger partial charge in [0.2, 0.25) is 11.8 Å². The zero-order valence-electron chi connectivity index (χ0n) is 19.0. The Morgan fingerprint density at radius 2 is 1.66 bits per heavy atom. The van der Waals surface area contributed by atoms with Crippen molar-refractivity contribution in [2.45, 2.75) is 32.4 Å². The molecule has 32 heavy (non-hydrogen) atoms. The maximum Gasteiger partial charge on any atom is 0.242 e. The van der Waals surface area contributed by atoms with Gasteiger partial charge in [0.1, 0.15) is 6.04 Å². The Kier molecular flexibility index (Phi) is 10.3. The van der Waals surface area contributed by atoms with Gasteiger partial charge in [0.25, 0.3) is 0 Å². The minimum absolute atomic E-state index is 0.120. The summed E-state index contributed by atoms with van der Waals surface area (Å²) < 4.78 is 15.6. The molecule has 0 radical (unpaired) electrons. The number of benzene rings is 2. The standard InChI is InChI=1S/C24H31ClN2O5/c1-17(24(29)26-12-5-13-30-2)27(16-18-6-9-20(25)10-7-18)23(28)15-19-8-11-21(31-3)22(14-19)32-4/h6-11,14,17H,5,12-13,15-16H2,1-4H3,(H,26,29). The summed E-state index contributed by atoms with van der Waals surface area (Å²) in [6.45, 7) is 3.06. The predicted molar refractivity (Wildman–Crippen MR) is 124 cm³/mol. The first-order chi connectivity index (χ1) is 15.4. The van der Waals surface area contributed by atoms with Crippen LogP contribution in [0.15, 0.2) is 42.5 Å². The minimum Gasteiger partial charge on any atom is -0.493 e. The van der Waals surface area contributed by atoms with Crippen molar-refractivity contribution < 1.29 is 23.8 Å². The third kappa shape index (κ3) is 7.43. The molecule has 0 saturated heterocycles. The van der Waals surface area contributed by atoms with Crippen LogP contribution in [-0.4, -0.2) is 57.2 Å². The smallest absolute Gasteiger partial charge is 0.242 e. The molecule has 1 unspecified atom stereocenters. The first-order valence-electron chi connectivity index (χ1n) is 10.4. The van der Waals surface area contributed by atoms with E-state index in [1.165, 1.54) is 0 Å². The Hall–Kier alpha value is -2.77. The predicted octanol–water partition coefficient (Wildman–Crippen LogP) is 3.47. The molecular formula is C24H31ClN2O5. The second-order valence-corrected chi connectivity index (χ2v) is 7.76. The molecule has 7 nitrogen and oxygen atoms in total. The number of nitrogens with zero attached hydrogens (tertiary/aromatic N) is 1. The van der Waals surface area contributed by atoms with Crippen molar-refractivity contribution in [1.82, 2.24) is 10.2 Å². The molecule has 0 aliphatic carbocycles. The molecular weight excluding hydrogens is 432 g/mol. The molecule has 8 heteroatoms. The van der Waals surface area contributed by atoms with Gasteiger partial charge < -0.3 is 24.4 Å². The van der Waals surface area contributed by atoms with Gasteiger partial charge >= 0.3 is 0 Å². The van der Waals surface area contributed by atoms with Gasteiger partial charge in [0.15, 0.2) is 11.5 Å². The molecule has 2 aromatic carbocycles. The Labute approximate surface area is 194 Å². The molecule has 2 rings (SSSR count). The van der Waals surface area contributed by atoms with E-state index >= 15 is 0 Å². The highest BCUT2D eigenvalue weighted by Crippen LogP contribution is 2.28. The number of amides is 2. The second-order valence-electron chi connectivity index (χ2n) is 7.33. The zero-order chi connectivity index (χ0) is 23.5. The molecule has 2 amide bonds. The van der Waals surface area contributed by atoms with E-state index in [0.717, 1.165) is 11.1 Å². The molecule has 0 saturated carbocycles. The van der Waals surface area contributed by atoms with E-state index < -0.39 is 6.04 Å². The summed E-state index contributed by atoms with van der Waals surface area (Å²) in [4.78, 5) is 27.6. The van der Waals surface area contributed by atoms with E-state index in [0.29, 0.717) is 36.1 Å². The number of halogens is 1. The van der Waals surface area contributed by atoms with Gasteiger partial charge in [-0.25, -0.2) is 0 Å². The topological polar surface area (TPSA) is 77.1 Å². The second kappa shape index (κ2) is 12.9. The quantitative estimate of drug-likeness (QED) is 0.489. The molecule has 174 valence electrons. The number of carbonyl (C=O) groups is 2. The summed E-state index contributed by atoms with van der Waals surface area (Å²) in [6.07, 6.45) is 0.820.